The van der Waals surface area contributed by atoms with Gasteiger partial charge in [-0.1, -0.05) is 47.1 Å². The van der Waals surface area contributed by atoms with E-state index in [0.29, 0.717) is 16.6 Å². The Kier molecular flexibility index (Phi) is 5.04. The Morgan fingerprint density at radius 3 is 2.37 bits per heavy atom. The second-order valence-electron chi connectivity index (χ2n) is 6.59. The number of rotatable bonds is 6. The molecule has 148 valence electrons. The van der Waals surface area contributed by atoms with Crippen LogP contribution in [0.15, 0.2) is 78.9 Å². The van der Waals surface area contributed by atoms with E-state index in [1.54, 1.807) is 28.9 Å². The fourth-order valence-electron chi connectivity index (χ4n) is 3.10. The Hall–Kier alpha value is -4.33. The second kappa shape index (κ2) is 7.96. The lowest BCUT2D eigenvalue weighted by atomic mass is 10.1. The van der Waals surface area contributed by atoms with Crippen LogP contribution in [0.4, 0.5) is 5.69 Å². The summed E-state index contributed by atoms with van der Waals surface area (Å²) in [5.41, 5.74) is 2.37. The summed E-state index contributed by atoms with van der Waals surface area (Å²) in [6.07, 6.45) is 1.41. The molecule has 4 rings (SSSR count). The van der Waals surface area contributed by atoms with Crippen molar-refractivity contribution in [2.45, 2.75) is 6.54 Å². The van der Waals surface area contributed by atoms with E-state index < -0.39 is 4.92 Å². The van der Waals surface area contributed by atoms with Crippen molar-refractivity contribution in [3.05, 3.63) is 100 Å². The van der Waals surface area contributed by atoms with E-state index in [4.69, 9.17) is 0 Å². The number of nitro benzene ring substituents is 1. The fourth-order valence-corrected chi connectivity index (χ4v) is 3.10. The molecule has 1 aromatic heterocycles. The van der Waals surface area contributed by atoms with Gasteiger partial charge in [0.2, 0.25) is 11.3 Å². The lowest BCUT2D eigenvalue weighted by Gasteiger charge is -1.98. The van der Waals surface area contributed by atoms with Crippen molar-refractivity contribution in [1.29, 1.82) is 0 Å². The van der Waals surface area contributed by atoms with E-state index >= 15 is 0 Å². The molecule has 8 heteroatoms. The van der Waals surface area contributed by atoms with Crippen molar-refractivity contribution in [3.8, 4) is 0 Å². The maximum absolute atomic E-state index is 12.6. The average molecular weight is 401 g/mol. The van der Waals surface area contributed by atoms with Gasteiger partial charge >= 0.3 is 0 Å². The predicted octanol–water partition coefficient (Wildman–Crippen LogP) is 3.63. The Balaban J connectivity index is 1.68. The molecule has 8 nitrogen and oxygen atoms in total. The Morgan fingerprint density at radius 1 is 1.00 bits per heavy atom. The molecular formula is C22H17N4O4+. The van der Waals surface area contributed by atoms with Crippen LogP contribution in [0, 0.1) is 10.1 Å². The zero-order valence-corrected chi connectivity index (χ0v) is 15.8. The van der Waals surface area contributed by atoms with Crippen molar-refractivity contribution >= 4 is 34.5 Å². The molecule has 3 aromatic carbocycles. The van der Waals surface area contributed by atoms with Crippen molar-refractivity contribution < 1.29 is 19.5 Å². The average Bonchev–Trinajstić information content (AvgIpc) is 3.11. The topological polar surface area (TPSA) is 102 Å². The first kappa shape index (κ1) is 19.0. The zero-order valence-electron chi connectivity index (χ0n) is 15.8. The van der Waals surface area contributed by atoms with Crippen molar-refractivity contribution in [1.82, 2.24) is 9.90 Å². The van der Waals surface area contributed by atoms with Crippen LogP contribution in [0.1, 0.15) is 15.9 Å². The number of carbonyl (C=O) groups is 1. The molecule has 0 bridgehead atoms. The number of non-ortho nitro benzene ring substituents is 1. The van der Waals surface area contributed by atoms with Gasteiger partial charge in [-0.05, 0) is 24.3 Å². The van der Waals surface area contributed by atoms with Gasteiger partial charge < -0.3 is 5.11 Å². The number of aliphatic hydroxyl groups is 1. The molecule has 0 amide bonds. The number of carbonyl (C=O) groups excluding carboxylic acids is 1. The molecule has 1 N–H and O–H groups in total. The number of hydrogen-bond donors (Lipinski definition) is 1. The minimum absolute atomic E-state index is 0.0453. The summed E-state index contributed by atoms with van der Waals surface area (Å²) in [5.74, 6) is -0.195. The molecule has 0 fully saturated rings. The van der Waals surface area contributed by atoms with Gasteiger partial charge in [0.05, 0.1) is 10.1 Å². The summed E-state index contributed by atoms with van der Waals surface area (Å²) < 4.78 is 3.05. The minimum Gasteiger partial charge on any atom is -0.504 e. The smallest absolute Gasteiger partial charge is 0.269 e. The Bertz CT molecular complexity index is 1260. The van der Waals surface area contributed by atoms with Crippen LogP contribution in [0.25, 0.3) is 23.0 Å². The number of nitro groups is 1. The number of hydrogen-bond acceptors (Lipinski definition) is 5. The molecule has 0 saturated carbocycles. The molecule has 0 saturated heterocycles. The molecule has 0 atom stereocenters. The van der Waals surface area contributed by atoms with Gasteiger partial charge in [0.25, 0.3) is 5.69 Å². The lowest BCUT2D eigenvalue weighted by Crippen LogP contribution is -2.40. The molecule has 30 heavy (non-hydrogen) atoms. The van der Waals surface area contributed by atoms with Crippen LogP contribution in [-0.4, -0.2) is 25.7 Å². The molecule has 0 radical (unpaired) electrons. The quantitative estimate of drug-likeness (QED) is 0.175. The number of aromatic nitrogens is 3. The standard InChI is InChI=1S/C22H16N4O4/c27-21(16-6-2-1-3-7-16)14-24-19-8-4-5-9-20(19)25(23-24)15-22(28)17-10-12-18(13-11-17)26(29)30/h1-13,15H,14H2/p+1. The number of ketones is 1. The van der Waals surface area contributed by atoms with E-state index in [2.05, 4.69) is 5.21 Å². The van der Waals surface area contributed by atoms with Gasteiger partial charge in [0.1, 0.15) is 0 Å². The van der Waals surface area contributed by atoms with Crippen LogP contribution in [0.2, 0.25) is 0 Å². The van der Waals surface area contributed by atoms with Gasteiger partial charge in [-0.25, -0.2) is 0 Å². The largest absolute Gasteiger partial charge is 0.504 e. The molecule has 1 heterocycles. The summed E-state index contributed by atoms with van der Waals surface area (Å²) in [7, 11) is 0. The van der Waals surface area contributed by atoms with E-state index in [-0.39, 0.29) is 23.8 Å². The van der Waals surface area contributed by atoms with Gasteiger partial charge in [0, 0.05) is 23.3 Å². The first-order valence-corrected chi connectivity index (χ1v) is 9.14. The molecule has 0 aliphatic rings. The molecule has 4 aromatic rings. The van der Waals surface area contributed by atoms with E-state index in [1.807, 2.05) is 30.3 Å². The van der Waals surface area contributed by atoms with Gasteiger partial charge in [0.15, 0.2) is 24.0 Å². The zero-order chi connectivity index (χ0) is 21.1. The van der Waals surface area contributed by atoms with Crippen LogP contribution in [0.3, 0.4) is 0 Å². The Morgan fingerprint density at radius 2 is 1.67 bits per heavy atom. The molecule has 0 unspecified atom stereocenters. The third kappa shape index (κ3) is 3.79. The highest BCUT2D eigenvalue weighted by atomic mass is 16.6. The minimum atomic E-state index is -0.502. The van der Waals surface area contributed by atoms with Gasteiger partial charge in [-0.2, -0.15) is 0 Å². The first-order chi connectivity index (χ1) is 14.5. The van der Waals surface area contributed by atoms with E-state index in [9.17, 15) is 20.0 Å². The maximum Gasteiger partial charge on any atom is 0.269 e. The lowest BCUT2D eigenvalue weighted by molar-refractivity contribution is -0.719. The summed E-state index contributed by atoms with van der Waals surface area (Å²) >= 11 is 0. The number of para-hydroxylation sites is 2. The fraction of sp³-hybridized carbons (Fsp3) is 0.0455. The number of fused-ring (bicyclic) bond motifs is 1. The highest BCUT2D eigenvalue weighted by Gasteiger charge is 2.20. The summed E-state index contributed by atoms with van der Waals surface area (Å²) in [5, 5.41) is 25.7. The molecular weight excluding hydrogens is 384 g/mol. The van der Waals surface area contributed by atoms with Gasteiger partial charge in [-0.15, -0.1) is 4.68 Å². The Labute approximate surface area is 171 Å². The first-order valence-electron chi connectivity index (χ1n) is 9.14. The van der Waals surface area contributed by atoms with E-state index in [0.717, 1.165) is 5.52 Å². The molecule has 0 aliphatic heterocycles. The summed E-state index contributed by atoms with van der Waals surface area (Å²) in [6.45, 7) is 0.0453. The number of nitrogens with zero attached hydrogens (tertiary/aromatic N) is 4. The monoisotopic (exact) mass is 401 g/mol. The van der Waals surface area contributed by atoms with Crippen LogP contribution >= 0.6 is 0 Å². The number of Topliss-reactive ketones (excluding diaryl/α,β-unsaturated/α-hetero) is 1. The maximum atomic E-state index is 12.6. The normalized spacial score (nSPS) is 11.5. The summed E-state index contributed by atoms with van der Waals surface area (Å²) in [6, 6.07) is 21.9. The van der Waals surface area contributed by atoms with E-state index in [1.165, 1.54) is 35.1 Å². The van der Waals surface area contributed by atoms with Gasteiger partial charge in [-0.3, -0.25) is 14.9 Å². The van der Waals surface area contributed by atoms with Crippen LogP contribution in [-0.2, 0) is 6.54 Å². The molecule has 0 aliphatic carbocycles. The number of aliphatic hydroxyl groups excluding tert-OH is 1. The third-order valence-electron chi connectivity index (χ3n) is 4.62. The second-order valence-corrected chi connectivity index (χ2v) is 6.59. The van der Waals surface area contributed by atoms with Crippen LogP contribution < -0.4 is 4.68 Å². The van der Waals surface area contributed by atoms with Crippen molar-refractivity contribution in [2.75, 3.05) is 0 Å². The highest BCUT2D eigenvalue weighted by molar-refractivity contribution is 5.95. The molecule has 0 spiro atoms. The number of benzene rings is 3. The summed E-state index contributed by atoms with van der Waals surface area (Å²) in [4.78, 5) is 22.9. The third-order valence-corrected chi connectivity index (χ3v) is 4.62. The van der Waals surface area contributed by atoms with Crippen molar-refractivity contribution in [3.63, 3.8) is 0 Å². The SMILES string of the molecule is O=C(C[n+]1nn(/C=C(\O)c2ccc([N+](=O)[O-])cc2)c2ccccc21)c1ccccc1. The van der Waals surface area contributed by atoms with Crippen LogP contribution in [0.5, 0.6) is 0 Å². The highest BCUT2D eigenvalue weighted by Crippen LogP contribution is 2.19. The van der Waals surface area contributed by atoms with Crippen molar-refractivity contribution in [2.24, 2.45) is 0 Å². The predicted molar refractivity (Wildman–Crippen MR) is 111 cm³/mol.